The summed E-state index contributed by atoms with van der Waals surface area (Å²) in [7, 11) is 6.00. The molecule has 0 spiro atoms. The molecule has 2 unspecified atom stereocenters. The third kappa shape index (κ3) is 13.6. The Hall–Kier alpha value is 0.610. The van der Waals surface area contributed by atoms with Crippen LogP contribution in [0.5, 0.6) is 0 Å². The molecule has 0 saturated carbocycles. The van der Waals surface area contributed by atoms with Crippen molar-refractivity contribution in [3.05, 3.63) is 0 Å². The van der Waals surface area contributed by atoms with E-state index in [0.29, 0.717) is 6.10 Å². The maximum absolute atomic E-state index is 5.84. The molecule has 0 aromatic rings. The minimum atomic E-state index is 0.0930. The number of halogens is 1. The molecule has 4 heteroatoms. The quantitative estimate of drug-likeness (QED) is 0.324. The first-order valence-electron chi connectivity index (χ1n) is 8.04. The Labute approximate surface area is 139 Å². The van der Waals surface area contributed by atoms with Crippen LogP contribution in [0.2, 0.25) is 0 Å². The second kappa shape index (κ2) is 14.5. The monoisotopic (exact) mass is 399 g/mol. The molecule has 1 rings (SSSR count). The number of nitrogens with zero attached hydrogens (tertiary/aromatic N) is 1. The summed E-state index contributed by atoms with van der Waals surface area (Å²) in [5.41, 5.74) is 0. The first-order valence-corrected chi connectivity index (χ1v) is 9.56. The predicted molar refractivity (Wildman–Crippen MR) is 95.7 cm³/mol. The highest BCUT2D eigenvalue weighted by atomic mass is 127. The van der Waals surface area contributed by atoms with E-state index in [1.807, 2.05) is 26.0 Å². The van der Waals surface area contributed by atoms with Gasteiger partial charge in [-0.05, 0) is 34.0 Å². The Morgan fingerprint density at radius 1 is 1.10 bits per heavy atom. The molecule has 1 aliphatic heterocycles. The highest BCUT2D eigenvalue weighted by Gasteiger charge is 2.24. The number of ether oxygens (including phenoxy) is 2. The van der Waals surface area contributed by atoms with Crippen LogP contribution in [0.15, 0.2) is 0 Å². The minimum Gasteiger partial charge on any atom is -0.352 e. The van der Waals surface area contributed by atoms with Gasteiger partial charge in [-0.3, -0.25) is 0 Å². The normalized spacial score (nSPS) is 21.9. The Bertz CT molecular complexity index is 200. The van der Waals surface area contributed by atoms with Gasteiger partial charge in [0, 0.05) is 10.8 Å². The highest BCUT2D eigenvalue weighted by molar-refractivity contribution is 14.1. The molecule has 0 radical (unpaired) electrons. The van der Waals surface area contributed by atoms with Gasteiger partial charge < -0.3 is 14.4 Å². The van der Waals surface area contributed by atoms with Crippen LogP contribution in [-0.2, 0) is 9.47 Å². The molecule has 0 aromatic carbocycles. The summed E-state index contributed by atoms with van der Waals surface area (Å²) in [5.74, 6) is 0. The number of unbranched alkanes of at least 4 members (excludes halogenated alkanes) is 4. The topological polar surface area (TPSA) is 21.7 Å². The van der Waals surface area contributed by atoms with Gasteiger partial charge in [-0.1, -0.05) is 61.6 Å². The van der Waals surface area contributed by atoms with Crippen molar-refractivity contribution < 1.29 is 9.47 Å². The first-order chi connectivity index (χ1) is 9.60. The molecule has 0 aromatic heterocycles. The molecule has 0 amide bonds. The molecule has 0 bridgehead atoms. The van der Waals surface area contributed by atoms with Gasteiger partial charge >= 0.3 is 0 Å². The van der Waals surface area contributed by atoms with Gasteiger partial charge in [0.05, 0.1) is 12.7 Å². The van der Waals surface area contributed by atoms with Crippen LogP contribution in [0, 0.1) is 0 Å². The van der Waals surface area contributed by atoms with Crippen LogP contribution in [0.3, 0.4) is 0 Å². The van der Waals surface area contributed by atoms with Crippen LogP contribution in [0.1, 0.15) is 58.3 Å². The zero-order valence-corrected chi connectivity index (χ0v) is 16.0. The summed E-state index contributed by atoms with van der Waals surface area (Å²) < 4.78 is 12.5. The second-order valence-electron chi connectivity index (χ2n) is 5.87. The summed E-state index contributed by atoms with van der Waals surface area (Å²) in [4.78, 5) is 2.00. The van der Waals surface area contributed by atoms with Crippen molar-refractivity contribution in [2.75, 3.05) is 32.2 Å². The average Bonchev–Trinajstić information content (AvgIpc) is 2.83. The third-order valence-corrected chi connectivity index (χ3v) is 3.52. The molecule has 1 aliphatic rings. The smallest absolute Gasteiger partial charge is 0.158 e. The molecule has 122 valence electrons. The highest BCUT2D eigenvalue weighted by Crippen LogP contribution is 2.24. The van der Waals surface area contributed by atoms with Crippen LogP contribution in [0.4, 0.5) is 0 Å². The van der Waals surface area contributed by atoms with Gasteiger partial charge in [-0.25, -0.2) is 0 Å². The van der Waals surface area contributed by atoms with Crippen molar-refractivity contribution in [2.24, 2.45) is 0 Å². The number of hydrogen-bond donors (Lipinski definition) is 0. The van der Waals surface area contributed by atoms with Gasteiger partial charge in [0.15, 0.2) is 6.29 Å². The lowest BCUT2D eigenvalue weighted by molar-refractivity contribution is -0.130. The van der Waals surface area contributed by atoms with Crippen molar-refractivity contribution in [3.63, 3.8) is 0 Å². The minimum absolute atomic E-state index is 0.0930. The molecule has 1 heterocycles. The number of rotatable bonds is 9. The maximum atomic E-state index is 5.84. The molecule has 0 N–H and O–H groups in total. The SMILES string of the molecule is CCCCCCCC1CCC(OCCI)O1.CN(C)C. The van der Waals surface area contributed by atoms with Gasteiger partial charge in [0.2, 0.25) is 0 Å². The summed E-state index contributed by atoms with van der Waals surface area (Å²) in [6, 6.07) is 0. The van der Waals surface area contributed by atoms with E-state index in [9.17, 15) is 0 Å². The van der Waals surface area contributed by atoms with Gasteiger partial charge in [-0.15, -0.1) is 0 Å². The molecular formula is C16H34INO2. The Kier molecular flexibility index (Phi) is 15.0. The van der Waals surface area contributed by atoms with Crippen molar-refractivity contribution >= 4 is 22.6 Å². The van der Waals surface area contributed by atoms with Gasteiger partial charge in [0.25, 0.3) is 0 Å². The lowest BCUT2D eigenvalue weighted by Crippen LogP contribution is -2.15. The van der Waals surface area contributed by atoms with Crippen LogP contribution in [-0.4, -0.2) is 49.5 Å². The molecule has 1 saturated heterocycles. The molecular weight excluding hydrogens is 365 g/mol. The molecule has 2 atom stereocenters. The fourth-order valence-corrected chi connectivity index (χ4v) is 2.41. The second-order valence-corrected chi connectivity index (χ2v) is 6.95. The van der Waals surface area contributed by atoms with Crippen LogP contribution >= 0.6 is 22.6 Å². The summed E-state index contributed by atoms with van der Waals surface area (Å²) in [6.45, 7) is 3.09. The zero-order valence-electron chi connectivity index (χ0n) is 13.9. The number of hydrogen-bond acceptors (Lipinski definition) is 3. The molecule has 0 aliphatic carbocycles. The van der Waals surface area contributed by atoms with Crippen molar-refractivity contribution in [1.82, 2.24) is 4.90 Å². The van der Waals surface area contributed by atoms with E-state index in [-0.39, 0.29) is 6.29 Å². The van der Waals surface area contributed by atoms with E-state index in [2.05, 4.69) is 29.5 Å². The zero-order chi connectivity index (χ0) is 15.2. The summed E-state index contributed by atoms with van der Waals surface area (Å²) >= 11 is 2.33. The van der Waals surface area contributed by atoms with Crippen molar-refractivity contribution in [1.29, 1.82) is 0 Å². The van der Waals surface area contributed by atoms with Crippen LogP contribution < -0.4 is 0 Å². The van der Waals surface area contributed by atoms with E-state index in [0.717, 1.165) is 17.5 Å². The predicted octanol–water partition coefficient (Wildman–Crippen LogP) is 4.48. The lowest BCUT2D eigenvalue weighted by Gasteiger charge is -2.13. The summed E-state index contributed by atoms with van der Waals surface area (Å²) in [5, 5.41) is 0. The Balaban J connectivity index is 0.000000796. The fourth-order valence-electron chi connectivity index (χ4n) is 2.16. The molecule has 3 nitrogen and oxygen atoms in total. The maximum Gasteiger partial charge on any atom is 0.158 e. The first kappa shape index (κ1) is 20.6. The third-order valence-electron chi connectivity index (χ3n) is 3.08. The average molecular weight is 399 g/mol. The Morgan fingerprint density at radius 2 is 1.75 bits per heavy atom. The fraction of sp³-hybridized carbons (Fsp3) is 1.00. The van der Waals surface area contributed by atoms with Gasteiger partial charge in [-0.2, -0.15) is 0 Å². The van der Waals surface area contributed by atoms with E-state index in [4.69, 9.17) is 9.47 Å². The van der Waals surface area contributed by atoms with Crippen molar-refractivity contribution in [3.8, 4) is 0 Å². The Morgan fingerprint density at radius 3 is 2.35 bits per heavy atom. The van der Waals surface area contributed by atoms with Gasteiger partial charge in [0.1, 0.15) is 0 Å². The number of alkyl halides is 1. The largest absolute Gasteiger partial charge is 0.352 e. The van der Waals surface area contributed by atoms with E-state index >= 15 is 0 Å². The standard InChI is InChI=1S/C13H25IO2.C3H9N/c1-2-3-4-5-6-7-12-8-9-13(16-12)15-11-10-14;1-4(2)3/h12-13H,2-11H2,1H3;1-3H3. The van der Waals surface area contributed by atoms with E-state index < -0.39 is 0 Å². The summed E-state index contributed by atoms with van der Waals surface area (Å²) in [6.07, 6.45) is 10.9. The van der Waals surface area contributed by atoms with Crippen LogP contribution in [0.25, 0.3) is 0 Å². The molecule has 1 fully saturated rings. The lowest BCUT2D eigenvalue weighted by atomic mass is 10.1. The van der Waals surface area contributed by atoms with E-state index in [1.165, 1.54) is 44.9 Å². The van der Waals surface area contributed by atoms with Crippen molar-refractivity contribution in [2.45, 2.75) is 70.7 Å². The van der Waals surface area contributed by atoms with E-state index in [1.54, 1.807) is 0 Å². The molecule has 20 heavy (non-hydrogen) atoms.